The van der Waals surface area contributed by atoms with Gasteiger partial charge in [0.25, 0.3) is 0 Å². The molecule has 1 atom stereocenters. The van der Waals surface area contributed by atoms with E-state index in [2.05, 4.69) is 147 Å². The third kappa shape index (κ3) is 3.91. The maximum atomic E-state index is 6.57. The minimum absolute atomic E-state index is 0.0762. The van der Waals surface area contributed by atoms with Crippen molar-refractivity contribution in [1.29, 1.82) is 0 Å². The van der Waals surface area contributed by atoms with Crippen molar-refractivity contribution < 1.29 is 4.42 Å². The molecule has 0 spiro atoms. The Balaban J connectivity index is 1.37. The van der Waals surface area contributed by atoms with Gasteiger partial charge in [0.15, 0.2) is 0 Å². The van der Waals surface area contributed by atoms with Gasteiger partial charge in [-0.2, -0.15) is 0 Å². The first-order valence-corrected chi connectivity index (χ1v) is 17.6. The second-order valence-electron chi connectivity index (χ2n) is 13.2. The summed E-state index contributed by atoms with van der Waals surface area (Å²) < 4.78 is 9.05. The number of fused-ring (bicyclic) bond motifs is 6. The van der Waals surface area contributed by atoms with Crippen molar-refractivity contribution in [2.24, 2.45) is 0 Å². The molecule has 8 rings (SSSR count). The van der Waals surface area contributed by atoms with Gasteiger partial charge in [0.2, 0.25) is 0 Å². The fourth-order valence-electron chi connectivity index (χ4n) is 8.12. The summed E-state index contributed by atoms with van der Waals surface area (Å²) >= 11 is 0. The van der Waals surface area contributed by atoms with Gasteiger partial charge in [-0.1, -0.05) is 123 Å². The number of hydrogen-bond acceptors (Lipinski definition) is 1. The Hall–Kier alpha value is -4.34. The van der Waals surface area contributed by atoms with Crippen LogP contribution in [-0.2, 0) is 6.42 Å². The van der Waals surface area contributed by atoms with E-state index in [4.69, 9.17) is 4.42 Å². The Morgan fingerprint density at radius 1 is 0.698 bits per heavy atom. The van der Waals surface area contributed by atoms with E-state index >= 15 is 0 Å². The molecule has 0 fully saturated rings. The summed E-state index contributed by atoms with van der Waals surface area (Å²) in [4.78, 5) is 0. The van der Waals surface area contributed by atoms with Crippen LogP contribution in [0, 0.1) is 0 Å². The number of aryl methyl sites for hydroxylation is 1. The van der Waals surface area contributed by atoms with Crippen molar-refractivity contribution >= 4 is 63.0 Å². The van der Waals surface area contributed by atoms with Crippen LogP contribution in [-0.4, -0.2) is 12.6 Å². The van der Waals surface area contributed by atoms with Crippen LogP contribution in [0.1, 0.15) is 51.4 Å². The van der Waals surface area contributed by atoms with E-state index in [-0.39, 0.29) is 5.04 Å². The smallest absolute Gasteiger partial charge is 0.149 e. The lowest BCUT2D eigenvalue weighted by atomic mass is 9.99. The van der Waals surface area contributed by atoms with Crippen molar-refractivity contribution in [3.05, 3.63) is 132 Å². The maximum absolute atomic E-state index is 6.57. The molecule has 0 aliphatic heterocycles. The van der Waals surface area contributed by atoms with Crippen molar-refractivity contribution in [1.82, 2.24) is 4.57 Å². The summed E-state index contributed by atoms with van der Waals surface area (Å²) in [6.45, 7) is 7.38. The first-order chi connectivity index (χ1) is 21.0. The van der Waals surface area contributed by atoms with Crippen LogP contribution in [0.5, 0.6) is 0 Å². The molecule has 2 heterocycles. The molecule has 0 saturated heterocycles. The average Bonchev–Trinajstić information content (AvgIpc) is 3.57. The van der Waals surface area contributed by atoms with Gasteiger partial charge in [-0.15, -0.1) is 0 Å². The van der Waals surface area contributed by atoms with E-state index in [1.807, 2.05) is 0 Å². The lowest BCUT2D eigenvalue weighted by Gasteiger charge is -2.46. The Morgan fingerprint density at radius 2 is 1.40 bits per heavy atom. The number of para-hydroxylation sites is 2. The van der Waals surface area contributed by atoms with E-state index < -0.39 is 8.07 Å². The second kappa shape index (κ2) is 9.85. The van der Waals surface area contributed by atoms with E-state index in [0.717, 1.165) is 37.0 Å². The molecule has 0 N–H and O–H groups in total. The summed E-state index contributed by atoms with van der Waals surface area (Å²) in [5, 5.41) is 8.52. The SMILES string of the molecule is CC(C)(C)[Si](C1=CC=CCC1)(c1ccccc1)c1ccc2oc3c(c2c1)C=C(n1c2ccccc2c2ccccc21)CC3. The number of rotatable bonds is 4. The normalized spacial score (nSPS) is 16.7. The van der Waals surface area contributed by atoms with Gasteiger partial charge in [-0.25, -0.2) is 0 Å². The van der Waals surface area contributed by atoms with Crippen molar-refractivity contribution in [3.8, 4) is 0 Å². The molecule has 6 aromatic rings. The van der Waals surface area contributed by atoms with Crippen molar-refractivity contribution in [3.63, 3.8) is 0 Å². The second-order valence-corrected chi connectivity index (χ2v) is 18.0. The maximum Gasteiger partial charge on any atom is 0.149 e. The summed E-state index contributed by atoms with van der Waals surface area (Å²) in [5.41, 5.74) is 6.12. The van der Waals surface area contributed by atoms with E-state index in [1.165, 1.54) is 48.8 Å². The fourth-order valence-corrected chi connectivity index (χ4v) is 14.1. The molecule has 4 aromatic carbocycles. The molecular weight excluding hydrogens is 539 g/mol. The Bertz CT molecular complexity index is 2060. The molecule has 1 unspecified atom stereocenters. The number of hydrogen-bond donors (Lipinski definition) is 0. The summed E-state index contributed by atoms with van der Waals surface area (Å²) in [6, 6.07) is 36.1. The molecule has 2 aliphatic carbocycles. The highest BCUT2D eigenvalue weighted by atomic mass is 28.3. The monoisotopic (exact) mass is 575 g/mol. The Morgan fingerprint density at radius 3 is 2.07 bits per heavy atom. The largest absolute Gasteiger partial charge is 0.460 e. The van der Waals surface area contributed by atoms with Crippen LogP contribution < -0.4 is 10.4 Å². The molecule has 2 aromatic heterocycles. The predicted molar refractivity (Wildman–Crippen MR) is 186 cm³/mol. The molecular formula is C40H37NOSi. The van der Waals surface area contributed by atoms with Gasteiger partial charge in [-0.05, 0) is 58.9 Å². The highest BCUT2D eigenvalue weighted by Gasteiger charge is 2.50. The van der Waals surface area contributed by atoms with Gasteiger partial charge in [-0.3, -0.25) is 0 Å². The first kappa shape index (κ1) is 26.3. The van der Waals surface area contributed by atoms with Crippen LogP contribution in [0.3, 0.4) is 0 Å². The molecule has 3 heteroatoms. The highest BCUT2D eigenvalue weighted by molar-refractivity contribution is 7.09. The van der Waals surface area contributed by atoms with Crippen LogP contribution in [0.2, 0.25) is 5.04 Å². The number of benzene rings is 4. The standard InChI is InChI=1S/C40H37NOSi/c1-40(2,3)43(29-14-6-4-7-15-29,30-16-8-5-9-17-30)31-23-25-39-35(27-31)34-26-28(22-24-38(34)42-39)41-36-20-12-10-18-32(36)33-19-11-13-21-37(33)41/h4-8,10-16,18-21,23,25-27H,9,17,22,24H2,1-3H3. The van der Waals surface area contributed by atoms with Crippen LogP contribution in [0.4, 0.5) is 0 Å². The zero-order valence-corrected chi connectivity index (χ0v) is 26.2. The van der Waals surface area contributed by atoms with Crippen molar-refractivity contribution in [2.45, 2.75) is 51.5 Å². The summed E-state index contributed by atoms with van der Waals surface area (Å²) in [7, 11) is -2.38. The van der Waals surface area contributed by atoms with Gasteiger partial charge >= 0.3 is 0 Å². The number of aromatic nitrogens is 1. The van der Waals surface area contributed by atoms with Gasteiger partial charge in [0.05, 0.1) is 11.0 Å². The number of nitrogens with zero attached hydrogens (tertiary/aromatic N) is 1. The van der Waals surface area contributed by atoms with Crippen molar-refractivity contribution in [2.75, 3.05) is 0 Å². The Kier molecular flexibility index (Phi) is 6.03. The topological polar surface area (TPSA) is 18.1 Å². The molecule has 0 saturated carbocycles. The molecule has 0 radical (unpaired) electrons. The number of allylic oxidation sites excluding steroid dienone is 5. The van der Waals surface area contributed by atoms with E-state index in [1.54, 1.807) is 5.20 Å². The fraction of sp³-hybridized carbons (Fsp3) is 0.200. The van der Waals surface area contributed by atoms with Crippen LogP contribution in [0.25, 0.3) is 44.5 Å². The van der Waals surface area contributed by atoms with Gasteiger partial charge < -0.3 is 8.98 Å². The third-order valence-electron chi connectivity index (χ3n) is 9.85. The third-order valence-corrected chi connectivity index (χ3v) is 15.9. The molecule has 2 aliphatic rings. The summed E-state index contributed by atoms with van der Waals surface area (Å²) in [6.07, 6.45) is 13.5. The van der Waals surface area contributed by atoms with Gasteiger partial charge in [0.1, 0.15) is 19.4 Å². The quantitative estimate of drug-likeness (QED) is 0.191. The molecule has 43 heavy (non-hydrogen) atoms. The zero-order chi connectivity index (χ0) is 29.2. The lowest BCUT2D eigenvalue weighted by molar-refractivity contribution is 0.546. The van der Waals surface area contributed by atoms with E-state index in [9.17, 15) is 0 Å². The van der Waals surface area contributed by atoms with Gasteiger partial charge in [0, 0.05) is 33.8 Å². The molecule has 0 amide bonds. The first-order valence-electron chi connectivity index (χ1n) is 15.6. The minimum atomic E-state index is -2.38. The molecule has 2 nitrogen and oxygen atoms in total. The molecule has 212 valence electrons. The zero-order valence-electron chi connectivity index (χ0n) is 25.2. The predicted octanol–water partition coefficient (Wildman–Crippen LogP) is 9.66. The van der Waals surface area contributed by atoms with Crippen LogP contribution in [0.15, 0.2) is 125 Å². The summed E-state index contributed by atoms with van der Waals surface area (Å²) in [5.74, 6) is 1.11. The van der Waals surface area contributed by atoms with Crippen LogP contribution >= 0.6 is 0 Å². The Labute approximate surface area is 254 Å². The van der Waals surface area contributed by atoms with E-state index in [0.29, 0.717) is 0 Å². The highest BCUT2D eigenvalue weighted by Crippen LogP contribution is 2.44. The minimum Gasteiger partial charge on any atom is -0.460 e. The lowest BCUT2D eigenvalue weighted by Crippen LogP contribution is -2.66. The molecule has 0 bridgehead atoms. The average molecular weight is 576 g/mol. The number of furan rings is 1.